The van der Waals surface area contributed by atoms with Crippen molar-refractivity contribution in [2.24, 2.45) is 7.05 Å². The summed E-state index contributed by atoms with van der Waals surface area (Å²) in [6, 6.07) is 0. The molecule has 2 aromatic rings. The van der Waals surface area contributed by atoms with E-state index in [1.165, 1.54) is 0 Å². The van der Waals surface area contributed by atoms with Gasteiger partial charge in [-0.25, -0.2) is 9.97 Å². The second-order valence-electron chi connectivity index (χ2n) is 3.58. The normalized spacial score (nSPS) is 10.4. The highest BCUT2D eigenvalue weighted by Crippen LogP contribution is 2.11. The minimum absolute atomic E-state index is 0.701. The monoisotopic (exact) mass is 281 g/mol. The largest absolute Gasteiger partial charge is 0.339 e. The van der Waals surface area contributed by atoms with E-state index in [9.17, 15) is 0 Å². The van der Waals surface area contributed by atoms with E-state index in [2.05, 4.69) is 31.0 Å². The van der Waals surface area contributed by atoms with E-state index in [1.807, 2.05) is 31.4 Å². The summed E-state index contributed by atoms with van der Waals surface area (Å²) in [5, 5.41) is 4.12. The molecule has 0 bridgehead atoms. The predicted octanol–water partition coefficient (Wildman–Crippen LogP) is 1.61. The predicted molar refractivity (Wildman–Crippen MR) is 65.0 cm³/mol. The third-order valence-electron chi connectivity index (χ3n) is 2.13. The Hall–Kier alpha value is -1.43. The van der Waals surface area contributed by atoms with Crippen LogP contribution in [-0.4, -0.2) is 26.8 Å². The fraction of sp³-hybridized carbons (Fsp3) is 0.300. The molecule has 16 heavy (non-hydrogen) atoms. The Balaban J connectivity index is 2.08. The second-order valence-corrected chi connectivity index (χ2v) is 4.50. The van der Waals surface area contributed by atoms with Crippen molar-refractivity contribution in [2.45, 2.75) is 6.54 Å². The van der Waals surface area contributed by atoms with Crippen LogP contribution < -0.4 is 4.90 Å². The molecule has 0 saturated carbocycles. The molecule has 0 fully saturated rings. The molecule has 0 saturated heterocycles. The summed E-state index contributed by atoms with van der Waals surface area (Å²) in [4.78, 5) is 10.4. The van der Waals surface area contributed by atoms with Crippen LogP contribution in [0.5, 0.6) is 0 Å². The third kappa shape index (κ3) is 2.57. The molecule has 84 valence electrons. The highest BCUT2D eigenvalue weighted by atomic mass is 79.9. The zero-order chi connectivity index (χ0) is 11.5. The third-order valence-corrected chi connectivity index (χ3v) is 2.54. The molecule has 2 rings (SSSR count). The van der Waals surface area contributed by atoms with Crippen LogP contribution >= 0.6 is 15.9 Å². The van der Waals surface area contributed by atoms with Crippen molar-refractivity contribution in [3.8, 4) is 0 Å². The van der Waals surface area contributed by atoms with Crippen LogP contribution in [0.25, 0.3) is 0 Å². The van der Waals surface area contributed by atoms with Crippen molar-refractivity contribution in [1.29, 1.82) is 0 Å². The van der Waals surface area contributed by atoms with Crippen LogP contribution in [0.15, 0.2) is 29.3 Å². The molecule has 0 radical (unpaired) electrons. The Labute approximate surface area is 102 Å². The van der Waals surface area contributed by atoms with Crippen molar-refractivity contribution in [2.75, 3.05) is 11.9 Å². The first-order chi connectivity index (χ1) is 7.65. The number of rotatable bonds is 3. The molecular weight excluding hydrogens is 270 g/mol. The maximum atomic E-state index is 4.22. The number of anilines is 1. The van der Waals surface area contributed by atoms with Gasteiger partial charge in [-0.3, -0.25) is 4.68 Å². The van der Waals surface area contributed by atoms with Gasteiger partial charge in [0.15, 0.2) is 0 Å². The van der Waals surface area contributed by atoms with Gasteiger partial charge in [-0.15, -0.1) is 0 Å². The van der Waals surface area contributed by atoms with Gasteiger partial charge in [0, 0.05) is 44.8 Å². The smallest absolute Gasteiger partial charge is 0.225 e. The second kappa shape index (κ2) is 4.61. The van der Waals surface area contributed by atoms with E-state index in [1.54, 1.807) is 17.1 Å². The first-order valence-electron chi connectivity index (χ1n) is 4.81. The molecule has 2 heterocycles. The standard InChI is InChI=1S/C10H12BrN5/c1-15(6-8-3-14-16(2)7-8)10-12-4-9(11)5-13-10/h3-5,7H,6H2,1-2H3. The summed E-state index contributed by atoms with van der Waals surface area (Å²) in [5.41, 5.74) is 1.14. The number of hydrogen-bond acceptors (Lipinski definition) is 4. The number of halogens is 1. The Morgan fingerprint density at radius 2 is 2.00 bits per heavy atom. The van der Waals surface area contributed by atoms with E-state index in [4.69, 9.17) is 0 Å². The van der Waals surface area contributed by atoms with Gasteiger partial charge in [-0.2, -0.15) is 5.10 Å². The molecule has 0 spiro atoms. The van der Waals surface area contributed by atoms with E-state index < -0.39 is 0 Å². The summed E-state index contributed by atoms with van der Waals surface area (Å²) in [5.74, 6) is 0.701. The van der Waals surface area contributed by atoms with Gasteiger partial charge < -0.3 is 4.90 Å². The maximum absolute atomic E-state index is 4.22. The van der Waals surface area contributed by atoms with Gasteiger partial charge in [0.2, 0.25) is 5.95 Å². The summed E-state index contributed by atoms with van der Waals surface area (Å²) in [6.45, 7) is 0.746. The molecule has 6 heteroatoms. The van der Waals surface area contributed by atoms with E-state index in [0.29, 0.717) is 5.95 Å². The number of hydrogen-bond donors (Lipinski definition) is 0. The molecule has 0 aliphatic rings. The van der Waals surface area contributed by atoms with Crippen molar-refractivity contribution >= 4 is 21.9 Å². The zero-order valence-corrected chi connectivity index (χ0v) is 10.7. The van der Waals surface area contributed by atoms with Crippen LogP contribution in [0.2, 0.25) is 0 Å². The number of nitrogens with zero attached hydrogens (tertiary/aromatic N) is 5. The molecule has 5 nitrogen and oxygen atoms in total. The summed E-state index contributed by atoms with van der Waals surface area (Å²) in [7, 11) is 3.86. The average molecular weight is 282 g/mol. The summed E-state index contributed by atoms with van der Waals surface area (Å²) >= 11 is 3.31. The fourth-order valence-electron chi connectivity index (χ4n) is 1.40. The van der Waals surface area contributed by atoms with Gasteiger partial charge in [0.05, 0.1) is 10.7 Å². The molecule has 0 N–H and O–H groups in total. The maximum Gasteiger partial charge on any atom is 0.225 e. The quantitative estimate of drug-likeness (QED) is 0.858. The molecule has 0 unspecified atom stereocenters. The Morgan fingerprint density at radius 1 is 1.31 bits per heavy atom. The van der Waals surface area contributed by atoms with Crippen molar-refractivity contribution in [1.82, 2.24) is 19.7 Å². The number of aromatic nitrogens is 4. The molecule has 0 aromatic carbocycles. The van der Waals surface area contributed by atoms with E-state index in [-0.39, 0.29) is 0 Å². The minimum Gasteiger partial charge on any atom is -0.339 e. The first-order valence-corrected chi connectivity index (χ1v) is 5.60. The van der Waals surface area contributed by atoms with Crippen LogP contribution in [0, 0.1) is 0 Å². The first kappa shape index (κ1) is 11.1. The molecule has 0 aliphatic heterocycles. The molecule has 0 atom stereocenters. The van der Waals surface area contributed by atoms with Crippen molar-refractivity contribution in [3.63, 3.8) is 0 Å². The highest BCUT2D eigenvalue weighted by Gasteiger charge is 2.05. The minimum atomic E-state index is 0.701. The Kier molecular flexibility index (Phi) is 3.19. The molecular formula is C10H12BrN5. The molecule has 0 aliphatic carbocycles. The van der Waals surface area contributed by atoms with Crippen LogP contribution in [0.3, 0.4) is 0 Å². The highest BCUT2D eigenvalue weighted by molar-refractivity contribution is 9.10. The van der Waals surface area contributed by atoms with Crippen LogP contribution in [0.4, 0.5) is 5.95 Å². The van der Waals surface area contributed by atoms with Gasteiger partial charge in [-0.1, -0.05) is 0 Å². The Morgan fingerprint density at radius 3 is 2.56 bits per heavy atom. The van der Waals surface area contributed by atoms with Crippen molar-refractivity contribution < 1.29 is 0 Å². The van der Waals surface area contributed by atoms with Gasteiger partial charge in [0.1, 0.15) is 0 Å². The van der Waals surface area contributed by atoms with Gasteiger partial charge >= 0.3 is 0 Å². The molecule has 2 aromatic heterocycles. The lowest BCUT2D eigenvalue weighted by molar-refractivity contribution is 0.766. The van der Waals surface area contributed by atoms with Gasteiger partial charge in [0.25, 0.3) is 0 Å². The lowest BCUT2D eigenvalue weighted by atomic mass is 10.3. The fourth-order valence-corrected chi connectivity index (χ4v) is 1.61. The molecule has 0 amide bonds. The van der Waals surface area contributed by atoms with E-state index >= 15 is 0 Å². The topological polar surface area (TPSA) is 46.8 Å². The lowest BCUT2D eigenvalue weighted by Crippen LogP contribution is -2.18. The van der Waals surface area contributed by atoms with E-state index in [0.717, 1.165) is 16.6 Å². The summed E-state index contributed by atoms with van der Waals surface area (Å²) in [6.07, 6.45) is 7.30. The van der Waals surface area contributed by atoms with Crippen LogP contribution in [0.1, 0.15) is 5.56 Å². The Bertz CT molecular complexity index is 464. The van der Waals surface area contributed by atoms with Crippen molar-refractivity contribution in [3.05, 3.63) is 34.8 Å². The number of aryl methyl sites for hydroxylation is 1. The average Bonchev–Trinajstić information content (AvgIpc) is 2.65. The SMILES string of the molecule is CN(Cc1cnn(C)c1)c1ncc(Br)cn1. The zero-order valence-electron chi connectivity index (χ0n) is 9.13. The van der Waals surface area contributed by atoms with Crippen LogP contribution in [-0.2, 0) is 13.6 Å². The summed E-state index contributed by atoms with van der Waals surface area (Å²) < 4.78 is 2.66. The van der Waals surface area contributed by atoms with Gasteiger partial charge in [-0.05, 0) is 15.9 Å². The lowest BCUT2D eigenvalue weighted by Gasteiger charge is -2.15.